The lowest BCUT2D eigenvalue weighted by Crippen LogP contribution is -1.86. The molecule has 0 radical (unpaired) electrons. The summed E-state index contributed by atoms with van der Waals surface area (Å²) in [5.74, 6) is 0. The first kappa shape index (κ1) is 23.5. The van der Waals surface area contributed by atoms with Gasteiger partial charge in [0.25, 0.3) is 0 Å². The van der Waals surface area contributed by atoms with Crippen molar-refractivity contribution in [3.63, 3.8) is 0 Å². The maximum absolute atomic E-state index is 4.77. The SMILES string of the molecule is Cc1cc2c(ccc3c2ccc2c4ccc5sc(-c6cc7c(cc(C)c8nsnc87)c7nsnc67)cc5c4ccc32)s1. The van der Waals surface area contributed by atoms with Gasteiger partial charge in [-0.15, -0.1) is 22.7 Å². The maximum Gasteiger partial charge on any atom is 0.114 e. The number of thiophene rings is 2. The zero-order valence-electron chi connectivity index (χ0n) is 22.4. The zero-order valence-corrected chi connectivity index (χ0v) is 25.6. The molecule has 10 rings (SSSR count). The molecule has 8 heteroatoms. The second-order valence-electron chi connectivity index (χ2n) is 11.0. The van der Waals surface area contributed by atoms with Gasteiger partial charge < -0.3 is 0 Å². The summed E-state index contributed by atoms with van der Waals surface area (Å²) in [6, 6.07) is 27.5. The molecule has 0 saturated carbocycles. The smallest absolute Gasteiger partial charge is 0.114 e. The van der Waals surface area contributed by atoms with E-state index in [0.717, 1.165) is 44.0 Å². The van der Waals surface area contributed by atoms with Crippen LogP contribution in [0, 0.1) is 13.8 Å². The van der Waals surface area contributed by atoms with Crippen molar-refractivity contribution in [2.45, 2.75) is 13.8 Å². The van der Waals surface area contributed by atoms with Crippen LogP contribution in [0.15, 0.2) is 72.8 Å². The standard InChI is InChI=1S/C34H18N4S4/c1-15-11-25-26(32-31(15)35-41-36-32)13-27(34-33(25)37-42-38-34)30-14-24-22-6-4-17-18(20(22)8-10-29(24)40-30)3-5-21-19(17)7-9-28-23(21)12-16(2)39-28/h3-14H,1-2H3. The van der Waals surface area contributed by atoms with Crippen LogP contribution in [-0.4, -0.2) is 17.5 Å². The Labute approximate surface area is 255 Å². The molecule has 0 aliphatic heterocycles. The summed E-state index contributed by atoms with van der Waals surface area (Å²) in [5, 5.41) is 12.6. The Hall–Kier alpha value is -4.08. The van der Waals surface area contributed by atoms with Crippen molar-refractivity contribution in [3.05, 3.63) is 83.2 Å². The quantitative estimate of drug-likeness (QED) is 0.174. The van der Waals surface area contributed by atoms with E-state index in [4.69, 9.17) is 8.75 Å². The molecular formula is C34H18N4S4. The van der Waals surface area contributed by atoms with Gasteiger partial charge in [-0.2, -0.15) is 17.5 Å². The summed E-state index contributed by atoms with van der Waals surface area (Å²) in [4.78, 5) is 2.55. The van der Waals surface area contributed by atoms with E-state index in [1.807, 2.05) is 22.7 Å². The van der Waals surface area contributed by atoms with E-state index in [2.05, 4.69) is 95.4 Å². The van der Waals surface area contributed by atoms with Gasteiger partial charge in [0, 0.05) is 46.3 Å². The van der Waals surface area contributed by atoms with Gasteiger partial charge in [0.15, 0.2) is 0 Å². The van der Waals surface area contributed by atoms with Crippen LogP contribution >= 0.6 is 46.1 Å². The number of fused-ring (bicyclic) bond motifs is 14. The molecule has 6 aromatic carbocycles. The number of hydrogen-bond acceptors (Lipinski definition) is 8. The first-order valence-corrected chi connectivity index (χ1v) is 16.7. The highest BCUT2D eigenvalue weighted by atomic mass is 32.1. The monoisotopic (exact) mass is 610 g/mol. The Kier molecular flexibility index (Phi) is 4.62. The van der Waals surface area contributed by atoms with E-state index in [1.54, 1.807) is 0 Å². The first-order valence-electron chi connectivity index (χ1n) is 13.6. The molecule has 0 unspecified atom stereocenters. The molecule has 0 atom stereocenters. The molecule has 0 bridgehead atoms. The van der Waals surface area contributed by atoms with Crippen LogP contribution in [0.3, 0.4) is 0 Å². The van der Waals surface area contributed by atoms with E-state index in [0.29, 0.717) is 0 Å². The van der Waals surface area contributed by atoms with Crippen molar-refractivity contribution in [1.82, 2.24) is 17.5 Å². The molecule has 0 aliphatic rings. The number of nitrogens with zero attached hydrogens (tertiary/aromatic N) is 4. The van der Waals surface area contributed by atoms with E-state index in [-0.39, 0.29) is 0 Å². The van der Waals surface area contributed by atoms with Gasteiger partial charge in [-0.25, -0.2) is 0 Å². The number of aryl methyl sites for hydroxylation is 2. The van der Waals surface area contributed by atoms with Crippen LogP contribution in [0.1, 0.15) is 10.4 Å². The van der Waals surface area contributed by atoms with Crippen LogP contribution in [0.4, 0.5) is 0 Å². The third-order valence-corrected chi connectivity index (χ3v) is 11.8. The minimum atomic E-state index is 0.945. The van der Waals surface area contributed by atoms with E-state index in [9.17, 15) is 0 Å². The molecule has 10 aromatic rings. The molecule has 0 N–H and O–H groups in total. The Bertz CT molecular complexity index is 2780. The second-order valence-corrected chi connectivity index (χ2v) is 14.4. The van der Waals surface area contributed by atoms with E-state index < -0.39 is 0 Å². The molecule has 198 valence electrons. The van der Waals surface area contributed by atoms with Crippen LogP contribution < -0.4 is 0 Å². The fourth-order valence-corrected chi connectivity index (χ4v) is 9.96. The lowest BCUT2D eigenvalue weighted by atomic mass is 9.94. The van der Waals surface area contributed by atoms with Gasteiger partial charge in [0.1, 0.15) is 22.1 Å². The van der Waals surface area contributed by atoms with Crippen LogP contribution in [0.5, 0.6) is 0 Å². The molecular weight excluding hydrogens is 593 g/mol. The summed E-state index contributed by atoms with van der Waals surface area (Å²) in [7, 11) is 0. The second kappa shape index (κ2) is 8.26. The maximum atomic E-state index is 4.77. The average Bonchev–Trinajstić information content (AvgIpc) is 3.81. The molecule has 0 aliphatic carbocycles. The minimum Gasteiger partial charge on any atom is -0.173 e. The highest BCUT2D eigenvalue weighted by Crippen LogP contribution is 2.44. The highest BCUT2D eigenvalue weighted by molar-refractivity contribution is 7.22. The average molecular weight is 611 g/mol. The Morgan fingerprint density at radius 2 is 0.929 bits per heavy atom. The molecule has 4 nitrogen and oxygen atoms in total. The van der Waals surface area contributed by atoms with Crippen LogP contribution in [0.25, 0.3) is 95.8 Å². The molecule has 0 amide bonds. The number of rotatable bonds is 1. The minimum absolute atomic E-state index is 0.945. The molecule has 42 heavy (non-hydrogen) atoms. The number of hydrogen-bond donors (Lipinski definition) is 0. The predicted molar refractivity (Wildman–Crippen MR) is 184 cm³/mol. The first-order chi connectivity index (χ1) is 20.6. The highest BCUT2D eigenvalue weighted by Gasteiger charge is 2.19. The van der Waals surface area contributed by atoms with Crippen molar-refractivity contribution < 1.29 is 0 Å². The number of benzene rings is 6. The molecule has 0 fully saturated rings. The summed E-state index contributed by atoms with van der Waals surface area (Å²) in [5.41, 5.74) is 6.05. The summed E-state index contributed by atoms with van der Waals surface area (Å²) in [6.45, 7) is 4.28. The number of aromatic nitrogens is 4. The van der Waals surface area contributed by atoms with Gasteiger partial charge in [-0.3, -0.25) is 0 Å². The van der Waals surface area contributed by atoms with Gasteiger partial charge in [0.05, 0.1) is 23.5 Å². The largest absolute Gasteiger partial charge is 0.173 e. The molecule has 0 spiro atoms. The predicted octanol–water partition coefficient (Wildman–Crippen LogP) is 11.0. The fourth-order valence-electron chi connectivity index (χ4n) is 6.74. The summed E-state index contributed by atoms with van der Waals surface area (Å²) in [6.07, 6.45) is 0. The van der Waals surface area contributed by atoms with E-state index >= 15 is 0 Å². The Balaban J connectivity index is 1.24. The van der Waals surface area contributed by atoms with E-state index in [1.165, 1.54) is 85.7 Å². The topological polar surface area (TPSA) is 51.6 Å². The fraction of sp³-hybridized carbons (Fsp3) is 0.0588. The van der Waals surface area contributed by atoms with Crippen LogP contribution in [-0.2, 0) is 0 Å². The van der Waals surface area contributed by atoms with Crippen molar-refractivity contribution >= 4 is 131 Å². The van der Waals surface area contributed by atoms with Gasteiger partial charge in [0.2, 0.25) is 0 Å². The summed E-state index contributed by atoms with van der Waals surface area (Å²) >= 11 is 6.23. The Morgan fingerprint density at radius 3 is 1.62 bits per heavy atom. The van der Waals surface area contributed by atoms with Crippen molar-refractivity contribution in [1.29, 1.82) is 0 Å². The van der Waals surface area contributed by atoms with Crippen molar-refractivity contribution in [2.24, 2.45) is 0 Å². The third-order valence-electron chi connectivity index (χ3n) is 8.63. The van der Waals surface area contributed by atoms with Gasteiger partial charge >= 0.3 is 0 Å². The normalized spacial score (nSPS) is 12.5. The molecule has 0 saturated heterocycles. The van der Waals surface area contributed by atoms with Gasteiger partial charge in [-0.05, 0) is 88.1 Å². The zero-order chi connectivity index (χ0) is 27.7. The third kappa shape index (κ3) is 3.05. The van der Waals surface area contributed by atoms with Crippen molar-refractivity contribution in [3.8, 4) is 10.4 Å². The lowest BCUT2D eigenvalue weighted by molar-refractivity contribution is 1.51. The van der Waals surface area contributed by atoms with Crippen molar-refractivity contribution in [2.75, 3.05) is 0 Å². The molecule has 4 heterocycles. The summed E-state index contributed by atoms with van der Waals surface area (Å²) < 4.78 is 21.4. The van der Waals surface area contributed by atoms with Gasteiger partial charge in [-0.1, -0.05) is 36.4 Å². The van der Waals surface area contributed by atoms with Crippen LogP contribution in [0.2, 0.25) is 0 Å². The lowest BCUT2D eigenvalue weighted by Gasteiger charge is -2.09. The molecule has 4 aromatic heterocycles. The Morgan fingerprint density at radius 1 is 0.429 bits per heavy atom.